The maximum atomic E-state index is 13.6. The first-order valence-corrected chi connectivity index (χ1v) is 5.53. The Bertz CT molecular complexity index is 384. The van der Waals surface area contributed by atoms with E-state index in [4.69, 9.17) is 0 Å². The van der Waals surface area contributed by atoms with Gasteiger partial charge in [0.05, 0.1) is 6.54 Å². The lowest BCUT2D eigenvalue weighted by Gasteiger charge is -2.24. The summed E-state index contributed by atoms with van der Waals surface area (Å²) in [5.74, 6) is -1.88. The molecule has 0 saturated heterocycles. The summed E-state index contributed by atoms with van der Waals surface area (Å²) >= 11 is 0. The highest BCUT2D eigenvalue weighted by Gasteiger charge is 2.19. The van der Waals surface area contributed by atoms with Crippen LogP contribution in [0.3, 0.4) is 0 Å². The molecule has 0 radical (unpaired) electrons. The molecule has 0 aliphatic heterocycles. The maximum absolute atomic E-state index is 13.6. The van der Waals surface area contributed by atoms with Crippen LogP contribution in [0.1, 0.15) is 11.6 Å². The average Bonchev–Trinajstić information content (AvgIpc) is 2.29. The van der Waals surface area contributed by atoms with Crippen molar-refractivity contribution in [2.24, 2.45) is 0 Å². The van der Waals surface area contributed by atoms with Crippen molar-refractivity contribution in [2.45, 2.75) is 12.5 Å². The molecular formula is C12H16F4N2. The lowest BCUT2D eigenvalue weighted by Crippen LogP contribution is -2.34. The van der Waals surface area contributed by atoms with Crippen LogP contribution < -0.4 is 5.32 Å². The number of benzene rings is 1. The van der Waals surface area contributed by atoms with Crippen LogP contribution >= 0.6 is 0 Å². The summed E-state index contributed by atoms with van der Waals surface area (Å²) in [6.45, 7) is -0.240. The van der Waals surface area contributed by atoms with Gasteiger partial charge in [0.2, 0.25) is 0 Å². The van der Waals surface area contributed by atoms with Crippen LogP contribution in [0, 0.1) is 11.6 Å². The quantitative estimate of drug-likeness (QED) is 0.794. The molecule has 18 heavy (non-hydrogen) atoms. The number of rotatable bonds is 6. The summed E-state index contributed by atoms with van der Waals surface area (Å²) in [5, 5.41) is 2.80. The van der Waals surface area contributed by atoms with Gasteiger partial charge in [0.15, 0.2) is 11.6 Å². The second-order valence-electron chi connectivity index (χ2n) is 4.10. The first-order valence-electron chi connectivity index (χ1n) is 5.53. The highest BCUT2D eigenvalue weighted by atomic mass is 19.3. The fraction of sp³-hybridized carbons (Fsp3) is 0.500. The minimum Gasteiger partial charge on any atom is -0.312 e. The summed E-state index contributed by atoms with van der Waals surface area (Å²) in [4.78, 5) is 1.37. The van der Waals surface area contributed by atoms with E-state index in [1.165, 1.54) is 24.1 Å². The van der Waals surface area contributed by atoms with Crippen LogP contribution in [0.2, 0.25) is 0 Å². The molecule has 1 atom stereocenters. The second kappa shape index (κ2) is 6.70. The minimum absolute atomic E-state index is 0.138. The van der Waals surface area contributed by atoms with Crippen LogP contribution in [-0.4, -0.2) is 38.5 Å². The molecule has 0 amide bonds. The number of hydrogen-bond donors (Lipinski definition) is 1. The van der Waals surface area contributed by atoms with Crippen molar-refractivity contribution < 1.29 is 17.6 Å². The number of alkyl halides is 2. The Kier molecular flexibility index (Phi) is 5.55. The van der Waals surface area contributed by atoms with Crippen molar-refractivity contribution in [3.8, 4) is 0 Å². The molecule has 1 unspecified atom stereocenters. The lowest BCUT2D eigenvalue weighted by molar-refractivity contribution is 0.0961. The number of hydrogen-bond acceptors (Lipinski definition) is 2. The molecular weight excluding hydrogens is 248 g/mol. The third kappa shape index (κ3) is 3.96. The minimum atomic E-state index is -2.45. The SMILES string of the molecule is CNC(CN(C)CC(F)F)c1cccc(F)c1F. The van der Waals surface area contributed by atoms with Gasteiger partial charge in [0.25, 0.3) is 6.43 Å². The number of likely N-dealkylation sites (N-methyl/N-ethyl adjacent to an activating group) is 2. The fourth-order valence-corrected chi connectivity index (χ4v) is 1.76. The predicted molar refractivity (Wildman–Crippen MR) is 61.7 cm³/mol. The van der Waals surface area contributed by atoms with Crippen LogP contribution in [0.15, 0.2) is 18.2 Å². The van der Waals surface area contributed by atoms with E-state index in [9.17, 15) is 17.6 Å². The Morgan fingerprint density at radius 2 is 1.89 bits per heavy atom. The Morgan fingerprint density at radius 3 is 2.44 bits per heavy atom. The molecule has 1 aromatic rings. The summed E-state index contributed by atoms with van der Waals surface area (Å²) in [5.41, 5.74) is 0.138. The molecule has 0 fully saturated rings. The van der Waals surface area contributed by atoms with Crippen LogP contribution in [-0.2, 0) is 0 Å². The Morgan fingerprint density at radius 1 is 1.22 bits per heavy atom. The maximum Gasteiger partial charge on any atom is 0.251 e. The topological polar surface area (TPSA) is 15.3 Å². The molecule has 0 aliphatic carbocycles. The van der Waals surface area contributed by atoms with Crippen molar-refractivity contribution in [3.05, 3.63) is 35.4 Å². The highest BCUT2D eigenvalue weighted by Crippen LogP contribution is 2.20. The molecule has 0 bridgehead atoms. The number of nitrogens with zero attached hydrogens (tertiary/aromatic N) is 1. The molecule has 1 N–H and O–H groups in total. The molecule has 0 saturated carbocycles. The van der Waals surface area contributed by atoms with Crippen molar-refractivity contribution >= 4 is 0 Å². The van der Waals surface area contributed by atoms with E-state index in [0.29, 0.717) is 0 Å². The second-order valence-corrected chi connectivity index (χ2v) is 4.10. The fourth-order valence-electron chi connectivity index (χ4n) is 1.76. The largest absolute Gasteiger partial charge is 0.312 e. The third-order valence-electron chi connectivity index (χ3n) is 2.65. The van der Waals surface area contributed by atoms with Crippen molar-refractivity contribution in [2.75, 3.05) is 27.2 Å². The third-order valence-corrected chi connectivity index (χ3v) is 2.65. The van der Waals surface area contributed by atoms with Gasteiger partial charge in [0.1, 0.15) is 0 Å². The van der Waals surface area contributed by atoms with Gasteiger partial charge in [0, 0.05) is 18.2 Å². The molecule has 0 aliphatic rings. The van der Waals surface area contributed by atoms with Gasteiger partial charge in [-0.05, 0) is 20.2 Å². The number of nitrogens with one attached hydrogen (secondary N) is 1. The van der Waals surface area contributed by atoms with E-state index in [1.54, 1.807) is 7.05 Å². The molecule has 0 spiro atoms. The van der Waals surface area contributed by atoms with Crippen molar-refractivity contribution in [3.63, 3.8) is 0 Å². The van der Waals surface area contributed by atoms with Crippen LogP contribution in [0.25, 0.3) is 0 Å². The van der Waals surface area contributed by atoms with Gasteiger partial charge < -0.3 is 5.32 Å². The molecule has 0 aromatic heterocycles. The van der Waals surface area contributed by atoms with E-state index in [2.05, 4.69) is 5.32 Å². The van der Waals surface area contributed by atoms with E-state index in [1.807, 2.05) is 0 Å². The Hall–Kier alpha value is -1.14. The standard InChI is InChI=1S/C12H16F4N2/c1-17-10(6-18(2)7-11(14)15)8-4-3-5-9(13)12(8)16/h3-5,10-11,17H,6-7H2,1-2H3. The summed E-state index contributed by atoms with van der Waals surface area (Å²) in [6, 6.07) is 3.32. The zero-order valence-electron chi connectivity index (χ0n) is 10.3. The first kappa shape index (κ1) is 14.9. The molecule has 1 aromatic carbocycles. The van der Waals surface area contributed by atoms with Gasteiger partial charge in [-0.1, -0.05) is 12.1 Å². The lowest BCUT2D eigenvalue weighted by atomic mass is 10.1. The van der Waals surface area contributed by atoms with Gasteiger partial charge in [-0.15, -0.1) is 0 Å². The highest BCUT2D eigenvalue weighted by molar-refractivity contribution is 5.22. The molecule has 2 nitrogen and oxygen atoms in total. The van der Waals surface area contributed by atoms with E-state index in [-0.39, 0.29) is 12.1 Å². The van der Waals surface area contributed by atoms with E-state index < -0.39 is 30.6 Å². The van der Waals surface area contributed by atoms with E-state index in [0.717, 1.165) is 6.07 Å². The normalized spacial score (nSPS) is 13.3. The first-order chi connectivity index (χ1) is 8.45. The summed E-state index contributed by atoms with van der Waals surface area (Å²) in [7, 11) is 3.08. The Labute approximate surface area is 104 Å². The zero-order valence-corrected chi connectivity index (χ0v) is 10.3. The summed E-state index contributed by atoms with van der Waals surface area (Å²) < 4.78 is 51.0. The Balaban J connectivity index is 2.80. The predicted octanol–water partition coefficient (Wildman–Crippen LogP) is 2.42. The number of halogens is 4. The zero-order chi connectivity index (χ0) is 13.7. The molecule has 1 rings (SSSR count). The summed E-state index contributed by atoms with van der Waals surface area (Å²) in [6.07, 6.45) is -2.45. The van der Waals surface area contributed by atoms with Gasteiger partial charge in [-0.25, -0.2) is 17.6 Å². The molecule has 102 valence electrons. The van der Waals surface area contributed by atoms with Gasteiger partial charge >= 0.3 is 0 Å². The van der Waals surface area contributed by atoms with Crippen LogP contribution in [0.4, 0.5) is 17.6 Å². The van der Waals surface area contributed by atoms with Crippen LogP contribution in [0.5, 0.6) is 0 Å². The van der Waals surface area contributed by atoms with Gasteiger partial charge in [-0.3, -0.25) is 4.90 Å². The monoisotopic (exact) mass is 264 g/mol. The molecule has 0 heterocycles. The van der Waals surface area contributed by atoms with Crippen molar-refractivity contribution in [1.82, 2.24) is 10.2 Å². The van der Waals surface area contributed by atoms with E-state index >= 15 is 0 Å². The van der Waals surface area contributed by atoms with Crippen molar-refractivity contribution in [1.29, 1.82) is 0 Å². The van der Waals surface area contributed by atoms with Gasteiger partial charge in [-0.2, -0.15) is 0 Å². The average molecular weight is 264 g/mol. The molecule has 6 heteroatoms. The smallest absolute Gasteiger partial charge is 0.251 e.